The number of amides is 1. The van der Waals surface area contributed by atoms with Crippen molar-refractivity contribution in [2.75, 3.05) is 5.32 Å². The number of carbonyl (C=O) groups excluding carboxylic acids is 1. The Morgan fingerprint density at radius 1 is 1.22 bits per heavy atom. The van der Waals surface area contributed by atoms with Gasteiger partial charge in [0.25, 0.3) is 11.6 Å². The molecule has 10 heteroatoms. The van der Waals surface area contributed by atoms with Crippen molar-refractivity contribution in [1.29, 1.82) is 0 Å². The van der Waals surface area contributed by atoms with Crippen LogP contribution in [0.3, 0.4) is 0 Å². The first kappa shape index (κ1) is 18.9. The molecule has 0 aliphatic rings. The molecule has 0 fully saturated rings. The van der Waals surface area contributed by atoms with Crippen LogP contribution < -0.4 is 10.6 Å². The fourth-order valence-corrected chi connectivity index (χ4v) is 3.34. The maximum absolute atomic E-state index is 12.1. The number of anilines is 1. The zero-order chi connectivity index (χ0) is 19.4. The smallest absolute Gasteiger partial charge is 0.270 e. The van der Waals surface area contributed by atoms with Crippen molar-refractivity contribution in [3.63, 3.8) is 0 Å². The SMILES string of the molecule is O=C(NC(=S)Nc1nc(-c2cccc([N+](=O)[O-])c2)cs1)c1cccc(Cl)c1. The Labute approximate surface area is 168 Å². The van der Waals surface area contributed by atoms with E-state index in [9.17, 15) is 14.9 Å². The van der Waals surface area contributed by atoms with Crippen molar-refractivity contribution >= 4 is 57.0 Å². The van der Waals surface area contributed by atoms with E-state index in [0.717, 1.165) is 0 Å². The molecule has 1 heterocycles. The summed E-state index contributed by atoms with van der Waals surface area (Å²) in [6.45, 7) is 0. The van der Waals surface area contributed by atoms with Crippen LogP contribution >= 0.6 is 35.2 Å². The van der Waals surface area contributed by atoms with Crippen molar-refractivity contribution in [3.05, 3.63) is 74.6 Å². The maximum Gasteiger partial charge on any atom is 0.270 e. The number of hydrogen-bond donors (Lipinski definition) is 2. The molecule has 3 rings (SSSR count). The van der Waals surface area contributed by atoms with Gasteiger partial charge in [-0.05, 0) is 30.4 Å². The second kappa shape index (κ2) is 8.21. The fourth-order valence-electron chi connectivity index (χ4n) is 2.18. The first-order chi connectivity index (χ1) is 12.9. The summed E-state index contributed by atoms with van der Waals surface area (Å²) in [6.07, 6.45) is 0. The molecule has 0 spiro atoms. The molecule has 0 unspecified atom stereocenters. The van der Waals surface area contributed by atoms with Gasteiger partial charge in [-0.3, -0.25) is 20.2 Å². The summed E-state index contributed by atoms with van der Waals surface area (Å²) >= 11 is 12.3. The van der Waals surface area contributed by atoms with Crippen LogP contribution in [0.4, 0.5) is 10.8 Å². The van der Waals surface area contributed by atoms with E-state index >= 15 is 0 Å². The van der Waals surface area contributed by atoms with Crippen LogP contribution in [0.5, 0.6) is 0 Å². The molecular weight excluding hydrogens is 408 g/mol. The molecule has 0 aliphatic carbocycles. The maximum atomic E-state index is 12.1. The number of thiocarbonyl (C=S) groups is 1. The zero-order valence-corrected chi connectivity index (χ0v) is 15.9. The van der Waals surface area contributed by atoms with E-state index in [1.807, 2.05) is 0 Å². The quantitative estimate of drug-likeness (QED) is 0.368. The number of nitrogens with zero attached hydrogens (tertiary/aromatic N) is 2. The van der Waals surface area contributed by atoms with Crippen LogP contribution in [0, 0.1) is 10.1 Å². The number of halogens is 1. The second-order valence-corrected chi connectivity index (χ2v) is 6.97. The highest BCUT2D eigenvalue weighted by molar-refractivity contribution is 7.80. The molecule has 0 bridgehead atoms. The molecule has 0 aliphatic heterocycles. The Bertz CT molecular complexity index is 1040. The summed E-state index contributed by atoms with van der Waals surface area (Å²) in [5.74, 6) is -0.398. The van der Waals surface area contributed by atoms with Crippen LogP contribution in [0.2, 0.25) is 5.02 Å². The minimum atomic E-state index is -0.463. The minimum absolute atomic E-state index is 0.0145. The van der Waals surface area contributed by atoms with E-state index in [0.29, 0.717) is 27.0 Å². The predicted molar refractivity (Wildman–Crippen MR) is 109 cm³/mol. The molecule has 1 aromatic heterocycles. The number of non-ortho nitro benzene ring substituents is 1. The van der Waals surface area contributed by atoms with Gasteiger partial charge in [-0.25, -0.2) is 4.98 Å². The summed E-state index contributed by atoms with van der Waals surface area (Å²) in [4.78, 5) is 26.9. The molecule has 27 heavy (non-hydrogen) atoms. The predicted octanol–water partition coefficient (Wildman–Crippen LogP) is 4.50. The van der Waals surface area contributed by atoms with Gasteiger partial charge in [0.05, 0.1) is 10.6 Å². The average molecular weight is 419 g/mol. The zero-order valence-electron chi connectivity index (χ0n) is 13.5. The van der Waals surface area contributed by atoms with E-state index in [1.165, 1.54) is 29.5 Å². The van der Waals surface area contributed by atoms with Gasteiger partial charge in [0.15, 0.2) is 10.2 Å². The van der Waals surface area contributed by atoms with E-state index in [2.05, 4.69) is 15.6 Å². The minimum Gasteiger partial charge on any atom is -0.308 e. The Morgan fingerprint density at radius 3 is 2.74 bits per heavy atom. The molecule has 0 saturated heterocycles. The Hall–Kier alpha value is -2.88. The first-order valence-electron chi connectivity index (χ1n) is 7.50. The van der Waals surface area contributed by atoms with Gasteiger partial charge >= 0.3 is 0 Å². The van der Waals surface area contributed by atoms with Crippen LogP contribution in [0.25, 0.3) is 11.3 Å². The number of nitro groups is 1. The Kier molecular flexibility index (Phi) is 5.75. The largest absolute Gasteiger partial charge is 0.308 e. The van der Waals surface area contributed by atoms with E-state index in [4.69, 9.17) is 23.8 Å². The topological polar surface area (TPSA) is 97.2 Å². The van der Waals surface area contributed by atoms with E-state index in [1.54, 1.807) is 35.7 Å². The Morgan fingerprint density at radius 2 is 2.00 bits per heavy atom. The summed E-state index contributed by atoms with van der Waals surface area (Å²) in [5.41, 5.74) is 1.54. The highest BCUT2D eigenvalue weighted by atomic mass is 35.5. The third kappa shape index (κ3) is 4.85. The van der Waals surface area contributed by atoms with Crippen molar-refractivity contribution in [3.8, 4) is 11.3 Å². The summed E-state index contributed by atoms with van der Waals surface area (Å²) in [5, 5.41) is 19.0. The molecule has 0 atom stereocenters. The molecular formula is C17H11ClN4O3S2. The van der Waals surface area contributed by atoms with Gasteiger partial charge in [-0.1, -0.05) is 29.8 Å². The van der Waals surface area contributed by atoms with Gasteiger partial charge in [0, 0.05) is 33.7 Å². The van der Waals surface area contributed by atoms with Crippen LogP contribution in [-0.2, 0) is 0 Å². The van der Waals surface area contributed by atoms with Gasteiger partial charge in [-0.15, -0.1) is 11.3 Å². The van der Waals surface area contributed by atoms with Gasteiger partial charge in [0.1, 0.15) is 0 Å². The molecule has 0 radical (unpaired) electrons. The number of benzene rings is 2. The number of rotatable bonds is 4. The lowest BCUT2D eigenvalue weighted by Gasteiger charge is -2.07. The van der Waals surface area contributed by atoms with Crippen molar-refractivity contribution in [2.24, 2.45) is 0 Å². The molecule has 0 saturated carbocycles. The van der Waals surface area contributed by atoms with Crippen LogP contribution in [0.15, 0.2) is 53.9 Å². The number of hydrogen-bond acceptors (Lipinski definition) is 6. The third-order valence-electron chi connectivity index (χ3n) is 3.39. The summed E-state index contributed by atoms with van der Waals surface area (Å²) < 4.78 is 0. The highest BCUT2D eigenvalue weighted by Crippen LogP contribution is 2.27. The van der Waals surface area contributed by atoms with Crippen molar-refractivity contribution in [2.45, 2.75) is 0 Å². The van der Waals surface area contributed by atoms with Gasteiger partial charge in [-0.2, -0.15) is 0 Å². The standard InChI is InChI=1S/C17H11ClN4O3S2/c18-12-5-1-4-11(7-12)15(23)20-16(26)21-17-19-14(9-27-17)10-3-2-6-13(8-10)22(24)25/h1-9H,(H2,19,20,21,23,26). The Balaban J connectivity index is 1.67. The third-order valence-corrected chi connectivity index (χ3v) is 4.59. The lowest BCUT2D eigenvalue weighted by Crippen LogP contribution is -2.34. The lowest BCUT2D eigenvalue weighted by molar-refractivity contribution is -0.384. The summed E-state index contributed by atoms with van der Waals surface area (Å²) in [7, 11) is 0. The first-order valence-corrected chi connectivity index (χ1v) is 9.17. The molecule has 3 aromatic rings. The van der Waals surface area contributed by atoms with Crippen molar-refractivity contribution in [1.82, 2.24) is 10.3 Å². The molecule has 7 nitrogen and oxygen atoms in total. The number of carbonyl (C=O) groups is 1. The highest BCUT2D eigenvalue weighted by Gasteiger charge is 2.12. The second-order valence-electron chi connectivity index (χ2n) is 5.26. The average Bonchev–Trinajstić information content (AvgIpc) is 3.10. The summed E-state index contributed by atoms with van der Waals surface area (Å²) in [6, 6.07) is 12.7. The number of thiazole rings is 1. The number of nitro benzene ring substituents is 1. The monoisotopic (exact) mass is 418 g/mol. The normalized spacial score (nSPS) is 10.3. The molecule has 2 aromatic carbocycles. The van der Waals surface area contributed by atoms with Crippen LogP contribution in [0.1, 0.15) is 10.4 Å². The molecule has 1 amide bonds. The van der Waals surface area contributed by atoms with Crippen molar-refractivity contribution < 1.29 is 9.72 Å². The van der Waals surface area contributed by atoms with Gasteiger partial charge in [0.2, 0.25) is 0 Å². The van der Waals surface area contributed by atoms with E-state index < -0.39 is 10.8 Å². The lowest BCUT2D eigenvalue weighted by atomic mass is 10.1. The molecule has 2 N–H and O–H groups in total. The van der Waals surface area contributed by atoms with Crippen LogP contribution in [-0.4, -0.2) is 20.9 Å². The van der Waals surface area contributed by atoms with Gasteiger partial charge < -0.3 is 5.32 Å². The fraction of sp³-hybridized carbons (Fsp3) is 0. The number of nitrogens with one attached hydrogen (secondary N) is 2. The van der Waals surface area contributed by atoms with E-state index in [-0.39, 0.29) is 10.8 Å². The molecule has 136 valence electrons. The number of aromatic nitrogens is 1.